The molecule has 0 unspecified atom stereocenters. The van der Waals surface area contributed by atoms with Crippen LogP contribution in [0.3, 0.4) is 0 Å². The van der Waals surface area contributed by atoms with E-state index in [1.807, 2.05) is 4.90 Å². The maximum absolute atomic E-state index is 12.0. The summed E-state index contributed by atoms with van der Waals surface area (Å²) in [5.41, 5.74) is 0.374. The van der Waals surface area contributed by atoms with Crippen LogP contribution in [0.4, 0.5) is 0 Å². The van der Waals surface area contributed by atoms with E-state index >= 15 is 0 Å². The molecule has 1 amide bonds. The number of rotatable bonds is 1. The van der Waals surface area contributed by atoms with Crippen molar-refractivity contribution in [2.24, 2.45) is 5.92 Å². The Bertz CT molecular complexity index is 371. The van der Waals surface area contributed by atoms with Gasteiger partial charge >= 0.3 is 0 Å². The molecule has 0 bridgehead atoms. The Balaban J connectivity index is 2.05. The summed E-state index contributed by atoms with van der Waals surface area (Å²) < 4.78 is 0. The van der Waals surface area contributed by atoms with Gasteiger partial charge in [0.25, 0.3) is 5.91 Å². The highest BCUT2D eigenvalue weighted by Gasteiger charge is 2.22. The highest BCUT2D eigenvalue weighted by molar-refractivity contribution is 6.29. The number of amides is 1. The highest BCUT2D eigenvalue weighted by atomic mass is 35.5. The number of piperidine rings is 1. The molecule has 0 atom stereocenters. The molecule has 5 heteroatoms. The largest absolute Gasteiger partial charge is 0.337 e. The number of hydrogen-bond acceptors (Lipinski definition) is 3. The van der Waals surface area contributed by atoms with E-state index in [9.17, 15) is 4.79 Å². The lowest BCUT2D eigenvalue weighted by Gasteiger charge is -2.29. The second kappa shape index (κ2) is 4.78. The van der Waals surface area contributed by atoms with Gasteiger partial charge in [-0.1, -0.05) is 18.5 Å². The number of carbonyl (C=O) groups excluding carboxylic acids is 1. The molecule has 0 saturated carbocycles. The summed E-state index contributed by atoms with van der Waals surface area (Å²) in [5.74, 6) is 0.663. The van der Waals surface area contributed by atoms with Crippen LogP contribution < -0.4 is 0 Å². The van der Waals surface area contributed by atoms with Crippen LogP contribution in [0.2, 0.25) is 5.15 Å². The molecule has 0 aromatic carbocycles. The van der Waals surface area contributed by atoms with Crippen molar-refractivity contribution in [1.29, 1.82) is 0 Å². The zero-order valence-corrected chi connectivity index (χ0v) is 9.94. The van der Waals surface area contributed by atoms with Crippen molar-refractivity contribution < 1.29 is 4.79 Å². The molecular formula is C11H14ClN3O. The summed E-state index contributed by atoms with van der Waals surface area (Å²) >= 11 is 5.62. The third kappa shape index (κ3) is 2.50. The number of carbonyl (C=O) groups is 1. The average molecular weight is 240 g/mol. The molecule has 1 aliphatic rings. The standard InChI is InChI=1S/C11H14ClN3O/c1-8-4-6-15(7-5-8)11(16)9-2-3-10(12)14-13-9/h2-3,8H,4-7H2,1H3. The zero-order valence-electron chi connectivity index (χ0n) is 9.19. The fraction of sp³-hybridized carbons (Fsp3) is 0.545. The molecule has 1 saturated heterocycles. The van der Waals surface area contributed by atoms with Crippen LogP contribution in [0.25, 0.3) is 0 Å². The van der Waals surface area contributed by atoms with E-state index < -0.39 is 0 Å². The lowest BCUT2D eigenvalue weighted by molar-refractivity contribution is 0.0690. The second-order valence-electron chi connectivity index (χ2n) is 4.22. The smallest absolute Gasteiger partial charge is 0.274 e. The fourth-order valence-corrected chi connectivity index (χ4v) is 1.90. The quantitative estimate of drug-likeness (QED) is 0.753. The van der Waals surface area contributed by atoms with Gasteiger partial charge < -0.3 is 4.90 Å². The van der Waals surface area contributed by atoms with Gasteiger partial charge in [0.1, 0.15) is 0 Å². The maximum Gasteiger partial charge on any atom is 0.274 e. The molecule has 0 spiro atoms. The summed E-state index contributed by atoms with van der Waals surface area (Å²) in [6.07, 6.45) is 2.12. The van der Waals surface area contributed by atoms with E-state index in [0.717, 1.165) is 25.9 Å². The van der Waals surface area contributed by atoms with Crippen molar-refractivity contribution in [3.63, 3.8) is 0 Å². The van der Waals surface area contributed by atoms with Crippen LogP contribution in [0.15, 0.2) is 12.1 Å². The van der Waals surface area contributed by atoms with E-state index in [1.54, 1.807) is 12.1 Å². The number of nitrogens with zero attached hydrogens (tertiary/aromatic N) is 3. The minimum Gasteiger partial charge on any atom is -0.337 e. The van der Waals surface area contributed by atoms with Gasteiger partial charge in [-0.15, -0.1) is 10.2 Å². The first-order valence-corrected chi connectivity index (χ1v) is 5.83. The minimum absolute atomic E-state index is 0.0453. The SMILES string of the molecule is CC1CCN(C(=O)c2ccc(Cl)nn2)CC1. The number of hydrogen-bond donors (Lipinski definition) is 0. The summed E-state index contributed by atoms with van der Waals surface area (Å²) in [5, 5.41) is 7.79. The van der Waals surface area contributed by atoms with Crippen LogP contribution in [0.1, 0.15) is 30.3 Å². The molecule has 0 radical (unpaired) electrons. The average Bonchev–Trinajstić information content (AvgIpc) is 2.30. The Morgan fingerprint density at radius 1 is 1.38 bits per heavy atom. The first-order chi connectivity index (χ1) is 7.66. The predicted octanol–water partition coefficient (Wildman–Crippen LogP) is 2.00. The van der Waals surface area contributed by atoms with E-state index in [-0.39, 0.29) is 5.91 Å². The molecule has 0 aliphatic carbocycles. The highest BCUT2D eigenvalue weighted by Crippen LogP contribution is 2.17. The summed E-state index contributed by atoms with van der Waals surface area (Å²) in [7, 11) is 0. The first-order valence-electron chi connectivity index (χ1n) is 5.45. The van der Waals surface area contributed by atoms with Gasteiger partial charge in [0.15, 0.2) is 10.8 Å². The molecule has 86 valence electrons. The Hall–Kier alpha value is -1.16. The van der Waals surface area contributed by atoms with Crippen LogP contribution in [0.5, 0.6) is 0 Å². The monoisotopic (exact) mass is 239 g/mol. The molecule has 4 nitrogen and oxygen atoms in total. The van der Waals surface area contributed by atoms with Crippen LogP contribution >= 0.6 is 11.6 Å². The zero-order chi connectivity index (χ0) is 11.5. The summed E-state index contributed by atoms with van der Waals surface area (Å²) in [6.45, 7) is 3.83. The van der Waals surface area contributed by atoms with Gasteiger partial charge in [0, 0.05) is 13.1 Å². The Morgan fingerprint density at radius 3 is 2.62 bits per heavy atom. The van der Waals surface area contributed by atoms with Gasteiger partial charge in [-0.3, -0.25) is 4.79 Å². The van der Waals surface area contributed by atoms with E-state index in [4.69, 9.17) is 11.6 Å². The van der Waals surface area contributed by atoms with Gasteiger partial charge in [0.05, 0.1) is 0 Å². The number of aromatic nitrogens is 2. The lowest BCUT2D eigenvalue weighted by atomic mass is 9.99. The summed E-state index contributed by atoms with van der Waals surface area (Å²) in [4.78, 5) is 13.8. The van der Waals surface area contributed by atoms with Crippen LogP contribution in [0, 0.1) is 5.92 Å². The van der Waals surface area contributed by atoms with Crippen molar-refractivity contribution in [1.82, 2.24) is 15.1 Å². The Labute approximate surface area is 99.6 Å². The Morgan fingerprint density at radius 2 is 2.06 bits per heavy atom. The molecule has 1 fully saturated rings. The van der Waals surface area contributed by atoms with Crippen molar-refractivity contribution in [3.05, 3.63) is 23.0 Å². The number of halogens is 1. The fourth-order valence-electron chi connectivity index (χ4n) is 1.80. The van der Waals surface area contributed by atoms with Gasteiger partial charge in [0.2, 0.25) is 0 Å². The molecule has 1 aromatic rings. The van der Waals surface area contributed by atoms with E-state index in [0.29, 0.717) is 16.8 Å². The topological polar surface area (TPSA) is 46.1 Å². The molecule has 0 N–H and O–H groups in total. The van der Waals surface area contributed by atoms with Crippen molar-refractivity contribution in [2.45, 2.75) is 19.8 Å². The maximum atomic E-state index is 12.0. The van der Waals surface area contributed by atoms with Crippen molar-refractivity contribution in [2.75, 3.05) is 13.1 Å². The molecular weight excluding hydrogens is 226 g/mol. The Kier molecular flexibility index (Phi) is 3.39. The second-order valence-corrected chi connectivity index (χ2v) is 4.60. The molecule has 1 aromatic heterocycles. The predicted molar refractivity (Wildman–Crippen MR) is 61.3 cm³/mol. The van der Waals surface area contributed by atoms with Crippen LogP contribution in [-0.4, -0.2) is 34.1 Å². The molecule has 1 aliphatic heterocycles. The van der Waals surface area contributed by atoms with Crippen molar-refractivity contribution in [3.8, 4) is 0 Å². The normalized spacial score (nSPS) is 17.5. The first kappa shape index (κ1) is 11.3. The lowest BCUT2D eigenvalue weighted by Crippen LogP contribution is -2.38. The minimum atomic E-state index is -0.0453. The molecule has 2 heterocycles. The summed E-state index contributed by atoms with van der Waals surface area (Å²) in [6, 6.07) is 3.21. The molecule has 2 rings (SSSR count). The number of likely N-dealkylation sites (tertiary alicyclic amines) is 1. The van der Waals surface area contributed by atoms with Crippen molar-refractivity contribution >= 4 is 17.5 Å². The third-order valence-corrected chi connectivity index (χ3v) is 3.12. The van der Waals surface area contributed by atoms with Gasteiger partial charge in [-0.05, 0) is 30.9 Å². The molecule has 16 heavy (non-hydrogen) atoms. The third-order valence-electron chi connectivity index (χ3n) is 2.92. The van der Waals surface area contributed by atoms with E-state index in [1.165, 1.54) is 0 Å². The van der Waals surface area contributed by atoms with E-state index in [2.05, 4.69) is 17.1 Å². The van der Waals surface area contributed by atoms with Crippen LogP contribution in [-0.2, 0) is 0 Å². The van der Waals surface area contributed by atoms with Gasteiger partial charge in [-0.25, -0.2) is 0 Å². The van der Waals surface area contributed by atoms with Gasteiger partial charge in [-0.2, -0.15) is 0 Å².